The highest BCUT2D eigenvalue weighted by molar-refractivity contribution is 4.91. The van der Waals surface area contributed by atoms with E-state index in [2.05, 4.69) is 38.8 Å². The molecule has 1 aromatic heterocycles. The molecule has 2 rings (SSSR count). The summed E-state index contributed by atoms with van der Waals surface area (Å²) < 4.78 is 2.15. The van der Waals surface area contributed by atoms with Gasteiger partial charge < -0.3 is 9.88 Å². The zero-order chi connectivity index (χ0) is 12.1. The number of hydrogen-bond donors (Lipinski definition) is 1. The maximum Gasteiger partial charge on any atom is 0.147 e. The Morgan fingerprint density at radius 1 is 1.41 bits per heavy atom. The lowest BCUT2D eigenvalue weighted by Gasteiger charge is -2.32. The molecule has 1 N–H and O–H groups in total. The molecule has 0 amide bonds. The van der Waals surface area contributed by atoms with Gasteiger partial charge in [-0.1, -0.05) is 6.92 Å². The van der Waals surface area contributed by atoms with E-state index in [9.17, 15) is 0 Å². The molecule has 1 aliphatic heterocycles. The van der Waals surface area contributed by atoms with Crippen LogP contribution in [-0.4, -0.2) is 45.3 Å². The van der Waals surface area contributed by atoms with Crippen molar-refractivity contribution in [3.8, 4) is 0 Å². The number of rotatable bonds is 6. The van der Waals surface area contributed by atoms with Crippen LogP contribution in [0.25, 0.3) is 0 Å². The molecule has 1 atom stereocenters. The van der Waals surface area contributed by atoms with E-state index < -0.39 is 0 Å². The van der Waals surface area contributed by atoms with Gasteiger partial charge in [-0.15, -0.1) is 10.2 Å². The average Bonchev–Trinajstić information content (AvgIpc) is 2.81. The molecule has 1 aliphatic rings. The fraction of sp³-hybridized carbons (Fsp3) is 0.833. The highest BCUT2D eigenvalue weighted by Gasteiger charge is 2.21. The first-order valence-electron chi connectivity index (χ1n) is 6.62. The largest absolute Gasteiger partial charge is 0.317 e. The van der Waals surface area contributed by atoms with E-state index in [0.29, 0.717) is 6.04 Å². The van der Waals surface area contributed by atoms with Crippen molar-refractivity contribution < 1.29 is 0 Å². The van der Waals surface area contributed by atoms with Crippen LogP contribution < -0.4 is 5.32 Å². The van der Waals surface area contributed by atoms with Crippen molar-refractivity contribution in [1.29, 1.82) is 0 Å². The van der Waals surface area contributed by atoms with Crippen molar-refractivity contribution in [1.82, 2.24) is 25.0 Å². The second-order valence-corrected chi connectivity index (χ2v) is 4.80. The molecule has 5 heteroatoms. The molecule has 0 radical (unpaired) electrons. The third-order valence-electron chi connectivity index (χ3n) is 3.46. The van der Waals surface area contributed by atoms with Gasteiger partial charge in [0.25, 0.3) is 0 Å². The van der Waals surface area contributed by atoms with Crippen molar-refractivity contribution in [2.24, 2.45) is 0 Å². The fourth-order valence-corrected chi connectivity index (χ4v) is 2.26. The van der Waals surface area contributed by atoms with E-state index in [1.54, 1.807) is 0 Å². The fourth-order valence-electron chi connectivity index (χ4n) is 2.26. The van der Waals surface area contributed by atoms with Crippen molar-refractivity contribution >= 4 is 0 Å². The monoisotopic (exact) mass is 237 g/mol. The summed E-state index contributed by atoms with van der Waals surface area (Å²) in [5.41, 5.74) is 0. The predicted molar refractivity (Wildman–Crippen MR) is 67.7 cm³/mol. The molecule has 0 aromatic carbocycles. The Hall–Kier alpha value is -0.940. The standard InChI is InChI=1S/C12H23N5/c1-3-5-13-6-4-11(2)16-7-8-17-10-14-15-12(17)9-16/h10-11,13H,3-9H2,1-2H3. The van der Waals surface area contributed by atoms with E-state index >= 15 is 0 Å². The smallest absolute Gasteiger partial charge is 0.147 e. The molecule has 0 saturated heterocycles. The number of aromatic nitrogens is 3. The first-order chi connectivity index (χ1) is 8.31. The van der Waals surface area contributed by atoms with Crippen LogP contribution in [0.3, 0.4) is 0 Å². The van der Waals surface area contributed by atoms with Gasteiger partial charge in [0, 0.05) is 19.1 Å². The van der Waals surface area contributed by atoms with E-state index in [-0.39, 0.29) is 0 Å². The minimum atomic E-state index is 0.616. The second-order valence-electron chi connectivity index (χ2n) is 4.80. The maximum absolute atomic E-state index is 4.15. The molecule has 0 aliphatic carbocycles. The predicted octanol–water partition coefficient (Wildman–Crippen LogP) is 0.872. The Bertz CT molecular complexity index is 335. The Morgan fingerprint density at radius 2 is 2.29 bits per heavy atom. The molecule has 1 aromatic rings. The summed E-state index contributed by atoms with van der Waals surface area (Å²) in [6.07, 6.45) is 4.25. The third kappa shape index (κ3) is 3.26. The Kier molecular flexibility index (Phi) is 4.50. The molecular formula is C12H23N5. The number of nitrogens with zero attached hydrogens (tertiary/aromatic N) is 4. The van der Waals surface area contributed by atoms with Crippen molar-refractivity contribution in [3.05, 3.63) is 12.2 Å². The van der Waals surface area contributed by atoms with E-state index in [4.69, 9.17) is 0 Å². The summed E-state index contributed by atoms with van der Waals surface area (Å²) in [5, 5.41) is 11.6. The van der Waals surface area contributed by atoms with Gasteiger partial charge in [-0.3, -0.25) is 4.90 Å². The highest BCUT2D eigenvalue weighted by Crippen LogP contribution is 2.13. The van der Waals surface area contributed by atoms with Gasteiger partial charge in [0.15, 0.2) is 0 Å². The zero-order valence-electron chi connectivity index (χ0n) is 10.9. The van der Waals surface area contributed by atoms with E-state index in [1.807, 2.05) is 6.33 Å². The van der Waals surface area contributed by atoms with Gasteiger partial charge in [0.05, 0.1) is 6.54 Å². The normalized spacial score (nSPS) is 18.0. The van der Waals surface area contributed by atoms with Crippen LogP contribution in [0.4, 0.5) is 0 Å². The minimum Gasteiger partial charge on any atom is -0.317 e. The van der Waals surface area contributed by atoms with Gasteiger partial charge in [0.1, 0.15) is 12.2 Å². The molecule has 96 valence electrons. The van der Waals surface area contributed by atoms with Gasteiger partial charge in [-0.2, -0.15) is 0 Å². The van der Waals surface area contributed by atoms with Crippen molar-refractivity contribution in [2.45, 2.75) is 45.8 Å². The van der Waals surface area contributed by atoms with Crippen LogP contribution in [0, 0.1) is 0 Å². The first-order valence-corrected chi connectivity index (χ1v) is 6.62. The van der Waals surface area contributed by atoms with Crippen LogP contribution in [-0.2, 0) is 13.1 Å². The summed E-state index contributed by atoms with van der Waals surface area (Å²) >= 11 is 0. The maximum atomic E-state index is 4.15. The SMILES string of the molecule is CCCNCCC(C)N1CCn2cnnc2C1. The van der Waals surface area contributed by atoms with Crippen LogP contribution in [0.2, 0.25) is 0 Å². The van der Waals surface area contributed by atoms with Gasteiger partial charge in [0.2, 0.25) is 0 Å². The number of nitrogens with one attached hydrogen (secondary N) is 1. The lowest BCUT2D eigenvalue weighted by atomic mass is 10.2. The molecule has 2 heterocycles. The number of fused-ring (bicyclic) bond motifs is 1. The quantitative estimate of drug-likeness (QED) is 0.746. The topological polar surface area (TPSA) is 46.0 Å². The molecule has 17 heavy (non-hydrogen) atoms. The third-order valence-corrected chi connectivity index (χ3v) is 3.46. The molecule has 5 nitrogen and oxygen atoms in total. The van der Waals surface area contributed by atoms with Crippen LogP contribution in [0.5, 0.6) is 0 Å². The zero-order valence-corrected chi connectivity index (χ0v) is 10.9. The molecule has 0 bridgehead atoms. The summed E-state index contributed by atoms with van der Waals surface area (Å²) in [7, 11) is 0. The molecular weight excluding hydrogens is 214 g/mol. The summed E-state index contributed by atoms with van der Waals surface area (Å²) in [6.45, 7) is 9.82. The summed E-state index contributed by atoms with van der Waals surface area (Å²) in [6, 6.07) is 0.616. The minimum absolute atomic E-state index is 0.616. The Balaban J connectivity index is 1.76. The molecule has 1 unspecified atom stereocenters. The first kappa shape index (κ1) is 12.5. The molecule has 0 fully saturated rings. The summed E-state index contributed by atoms with van der Waals surface area (Å²) in [5.74, 6) is 1.10. The highest BCUT2D eigenvalue weighted by atomic mass is 15.3. The van der Waals surface area contributed by atoms with E-state index in [0.717, 1.165) is 38.5 Å². The van der Waals surface area contributed by atoms with Crippen LogP contribution in [0.1, 0.15) is 32.5 Å². The number of hydrogen-bond acceptors (Lipinski definition) is 4. The molecule has 0 spiro atoms. The van der Waals surface area contributed by atoms with E-state index in [1.165, 1.54) is 12.8 Å². The Labute approximate surface area is 103 Å². The lowest BCUT2D eigenvalue weighted by molar-refractivity contribution is 0.155. The van der Waals surface area contributed by atoms with Crippen LogP contribution >= 0.6 is 0 Å². The van der Waals surface area contributed by atoms with Gasteiger partial charge in [-0.25, -0.2) is 0 Å². The van der Waals surface area contributed by atoms with Crippen molar-refractivity contribution in [2.75, 3.05) is 19.6 Å². The van der Waals surface area contributed by atoms with Crippen LogP contribution in [0.15, 0.2) is 6.33 Å². The second kappa shape index (κ2) is 6.12. The van der Waals surface area contributed by atoms with Crippen molar-refractivity contribution in [3.63, 3.8) is 0 Å². The lowest BCUT2D eigenvalue weighted by Crippen LogP contribution is -2.41. The van der Waals surface area contributed by atoms with Gasteiger partial charge in [-0.05, 0) is 32.9 Å². The average molecular weight is 237 g/mol. The van der Waals surface area contributed by atoms with Gasteiger partial charge >= 0.3 is 0 Å². The summed E-state index contributed by atoms with van der Waals surface area (Å²) in [4.78, 5) is 2.50. The molecule has 0 saturated carbocycles. The Morgan fingerprint density at radius 3 is 3.12 bits per heavy atom.